The minimum absolute atomic E-state index is 0.0203. The number of carbonyl (C=O) groups is 1. The Hall–Kier alpha value is -3.68. The number of aromatic nitrogens is 4. The Kier molecular flexibility index (Phi) is 4.28. The van der Waals surface area contributed by atoms with Crippen LogP contribution in [0.4, 0.5) is 5.82 Å². The molecule has 0 radical (unpaired) electrons. The van der Waals surface area contributed by atoms with Crippen molar-refractivity contribution >= 4 is 22.7 Å². The van der Waals surface area contributed by atoms with E-state index in [0.717, 1.165) is 47.4 Å². The number of likely N-dealkylation sites (tertiary alicyclic amines) is 1. The lowest BCUT2D eigenvalue weighted by molar-refractivity contribution is 0.0590. The number of rotatable bonds is 3. The van der Waals surface area contributed by atoms with E-state index in [-0.39, 0.29) is 11.9 Å². The van der Waals surface area contributed by atoms with Crippen molar-refractivity contribution in [3.8, 4) is 5.69 Å². The highest BCUT2D eigenvalue weighted by atomic mass is 16.5. The lowest BCUT2D eigenvalue weighted by atomic mass is 9.82. The molecule has 162 valence electrons. The van der Waals surface area contributed by atoms with Crippen LogP contribution in [0.15, 0.2) is 53.3 Å². The average Bonchev–Trinajstić information content (AvgIpc) is 3.44. The first-order valence-corrected chi connectivity index (χ1v) is 11.0. The molecule has 2 aliphatic rings. The van der Waals surface area contributed by atoms with Crippen molar-refractivity contribution in [2.24, 2.45) is 5.92 Å². The number of hydrogen-bond acceptors (Lipinski definition) is 6. The molecule has 4 heterocycles. The topological polar surface area (TPSA) is 80.3 Å². The summed E-state index contributed by atoms with van der Waals surface area (Å²) in [5, 5.41) is 13.9. The summed E-state index contributed by atoms with van der Waals surface area (Å²) < 4.78 is 5.59. The van der Waals surface area contributed by atoms with E-state index in [9.17, 15) is 4.79 Å². The number of nitrogens with zero attached hydrogens (tertiary/aromatic N) is 6. The van der Waals surface area contributed by atoms with Gasteiger partial charge in [-0.25, -0.2) is 0 Å². The Labute approximate surface area is 185 Å². The molecule has 2 saturated heterocycles. The van der Waals surface area contributed by atoms with Crippen LogP contribution in [0.1, 0.15) is 27.9 Å². The largest absolute Gasteiger partial charge is 0.354 e. The van der Waals surface area contributed by atoms with Crippen molar-refractivity contribution in [2.45, 2.75) is 26.3 Å². The quantitative estimate of drug-likeness (QED) is 0.498. The number of amides is 1. The third-order valence-electron chi connectivity index (χ3n) is 6.74. The lowest BCUT2D eigenvalue weighted by Gasteiger charge is -2.53. The number of anilines is 1. The second-order valence-corrected chi connectivity index (χ2v) is 8.86. The fourth-order valence-electron chi connectivity index (χ4n) is 4.97. The van der Waals surface area contributed by atoms with Crippen LogP contribution in [0.2, 0.25) is 0 Å². The Morgan fingerprint density at radius 2 is 1.81 bits per heavy atom. The molecule has 0 unspecified atom stereocenters. The highest BCUT2D eigenvalue weighted by Crippen LogP contribution is 2.39. The Balaban J connectivity index is 1.28. The van der Waals surface area contributed by atoms with Gasteiger partial charge < -0.3 is 14.3 Å². The predicted octanol–water partition coefficient (Wildman–Crippen LogP) is 3.38. The molecule has 0 bridgehead atoms. The zero-order valence-electron chi connectivity index (χ0n) is 18.1. The molecule has 1 amide bonds. The maximum absolute atomic E-state index is 13.6. The summed E-state index contributed by atoms with van der Waals surface area (Å²) >= 11 is 0. The van der Waals surface area contributed by atoms with Crippen LogP contribution in [-0.4, -0.2) is 56.6 Å². The third kappa shape index (κ3) is 2.97. The summed E-state index contributed by atoms with van der Waals surface area (Å²) in [5.41, 5.74) is 4.33. The van der Waals surface area contributed by atoms with E-state index >= 15 is 0 Å². The van der Waals surface area contributed by atoms with Crippen molar-refractivity contribution in [2.75, 3.05) is 24.5 Å². The first-order valence-electron chi connectivity index (χ1n) is 11.0. The minimum atomic E-state index is 0.0203. The molecule has 0 aliphatic carbocycles. The molecule has 0 N–H and O–H groups in total. The van der Waals surface area contributed by atoms with Crippen molar-refractivity contribution in [3.63, 3.8) is 0 Å². The van der Waals surface area contributed by atoms with E-state index in [1.165, 1.54) is 4.80 Å². The molecule has 8 heteroatoms. The van der Waals surface area contributed by atoms with Crippen molar-refractivity contribution < 1.29 is 9.32 Å². The van der Waals surface area contributed by atoms with Gasteiger partial charge in [0.1, 0.15) is 0 Å². The zero-order valence-corrected chi connectivity index (χ0v) is 18.1. The Morgan fingerprint density at radius 1 is 1.03 bits per heavy atom. The van der Waals surface area contributed by atoms with Gasteiger partial charge in [0.15, 0.2) is 11.4 Å². The maximum atomic E-state index is 13.6. The van der Waals surface area contributed by atoms with Gasteiger partial charge >= 0.3 is 0 Å². The maximum Gasteiger partial charge on any atom is 0.256 e. The zero-order chi connectivity index (χ0) is 21.8. The van der Waals surface area contributed by atoms with E-state index in [4.69, 9.17) is 4.52 Å². The fourth-order valence-corrected chi connectivity index (χ4v) is 4.97. The molecule has 2 fully saturated rings. The van der Waals surface area contributed by atoms with Crippen LogP contribution < -0.4 is 4.90 Å². The normalized spacial score (nSPS) is 20.3. The number of hydrogen-bond donors (Lipinski definition) is 0. The molecule has 2 atom stereocenters. The second kappa shape index (κ2) is 7.19. The third-order valence-corrected chi connectivity index (χ3v) is 6.74. The number of aryl methyl sites for hydroxylation is 2. The van der Waals surface area contributed by atoms with Gasteiger partial charge in [-0.1, -0.05) is 22.9 Å². The molecule has 8 nitrogen and oxygen atoms in total. The molecule has 2 aromatic heterocycles. The Bertz CT molecular complexity index is 1310. The fraction of sp³-hybridized carbons (Fsp3) is 0.333. The molecule has 0 saturated carbocycles. The molecule has 2 aromatic carbocycles. The average molecular weight is 428 g/mol. The van der Waals surface area contributed by atoms with Gasteiger partial charge in [-0.2, -0.15) is 15.0 Å². The molecule has 4 aromatic rings. The monoisotopic (exact) mass is 428 g/mol. The molecule has 0 spiro atoms. The summed E-state index contributed by atoms with van der Waals surface area (Å²) in [6.07, 6.45) is 4.23. The van der Waals surface area contributed by atoms with E-state index in [0.29, 0.717) is 23.7 Å². The standard InChI is InChI=1S/C24H24N6O2/c1-15-4-6-20(30-25-8-9-26-30)19(11-15)24(31)28-10-7-17-13-29(21(17)14-28)23-18-5-3-16(2)12-22(18)32-27-23/h3-6,8-9,11-12,17,21H,7,10,13-14H2,1-2H3/t17-,21-/m0/s1. The van der Waals surface area contributed by atoms with E-state index in [2.05, 4.69) is 32.4 Å². The van der Waals surface area contributed by atoms with Gasteiger partial charge in [0.2, 0.25) is 0 Å². The van der Waals surface area contributed by atoms with Gasteiger partial charge in [0.05, 0.1) is 35.1 Å². The molecule has 6 rings (SSSR count). The van der Waals surface area contributed by atoms with Gasteiger partial charge in [0, 0.05) is 25.6 Å². The Morgan fingerprint density at radius 3 is 2.66 bits per heavy atom. The van der Waals surface area contributed by atoms with Crippen molar-refractivity contribution in [1.82, 2.24) is 25.1 Å². The number of carbonyl (C=O) groups excluding carboxylic acids is 1. The van der Waals surface area contributed by atoms with Gasteiger partial charge in [0.25, 0.3) is 5.91 Å². The number of piperidine rings is 1. The SMILES string of the molecule is Cc1ccc(-n2nccn2)c(C(=O)N2CC[C@H]3CN(c4noc5cc(C)ccc45)[C@H]3C2)c1. The minimum Gasteiger partial charge on any atom is -0.354 e. The smallest absolute Gasteiger partial charge is 0.256 e. The number of fused-ring (bicyclic) bond motifs is 2. The summed E-state index contributed by atoms with van der Waals surface area (Å²) in [6, 6.07) is 12.2. The predicted molar refractivity (Wildman–Crippen MR) is 120 cm³/mol. The van der Waals surface area contributed by atoms with Crippen LogP contribution in [0.3, 0.4) is 0 Å². The van der Waals surface area contributed by atoms with Crippen molar-refractivity contribution in [1.29, 1.82) is 0 Å². The first kappa shape index (κ1) is 19.0. The van der Waals surface area contributed by atoms with Crippen LogP contribution >= 0.6 is 0 Å². The van der Waals surface area contributed by atoms with Crippen LogP contribution in [-0.2, 0) is 0 Å². The molecule has 32 heavy (non-hydrogen) atoms. The van der Waals surface area contributed by atoms with E-state index < -0.39 is 0 Å². The van der Waals surface area contributed by atoms with E-state index in [1.807, 2.05) is 43.0 Å². The van der Waals surface area contributed by atoms with Crippen LogP contribution in [0, 0.1) is 19.8 Å². The highest BCUT2D eigenvalue weighted by molar-refractivity contribution is 5.98. The summed E-state index contributed by atoms with van der Waals surface area (Å²) in [6.45, 7) is 6.42. The lowest BCUT2D eigenvalue weighted by Crippen LogP contribution is -2.65. The molecular weight excluding hydrogens is 404 g/mol. The molecule has 2 aliphatic heterocycles. The van der Waals surface area contributed by atoms with Gasteiger partial charge in [-0.15, -0.1) is 0 Å². The van der Waals surface area contributed by atoms with Crippen molar-refractivity contribution in [3.05, 3.63) is 65.5 Å². The number of benzene rings is 2. The van der Waals surface area contributed by atoms with Gasteiger partial charge in [-0.05, 0) is 50.1 Å². The summed E-state index contributed by atoms with van der Waals surface area (Å²) in [7, 11) is 0. The first-order chi connectivity index (χ1) is 15.6. The summed E-state index contributed by atoms with van der Waals surface area (Å²) in [5.74, 6) is 1.47. The van der Waals surface area contributed by atoms with Crippen LogP contribution in [0.5, 0.6) is 0 Å². The second-order valence-electron chi connectivity index (χ2n) is 8.86. The van der Waals surface area contributed by atoms with Gasteiger partial charge in [-0.3, -0.25) is 4.79 Å². The van der Waals surface area contributed by atoms with Crippen LogP contribution in [0.25, 0.3) is 16.7 Å². The highest BCUT2D eigenvalue weighted by Gasteiger charge is 2.45. The van der Waals surface area contributed by atoms with E-state index in [1.54, 1.807) is 12.4 Å². The summed E-state index contributed by atoms with van der Waals surface area (Å²) in [4.78, 5) is 19.4. The molecular formula is C24H24N6O2.